The molecule has 0 saturated carbocycles. The maximum atomic E-state index is 12.7. The van der Waals surface area contributed by atoms with Crippen molar-refractivity contribution in [1.29, 1.82) is 0 Å². The molecule has 0 bridgehead atoms. The Morgan fingerprint density at radius 3 is 2.73 bits per heavy atom. The van der Waals surface area contributed by atoms with Gasteiger partial charge in [0.1, 0.15) is 0 Å². The van der Waals surface area contributed by atoms with Gasteiger partial charge in [0, 0.05) is 18.7 Å². The quantitative estimate of drug-likeness (QED) is 0.920. The zero-order chi connectivity index (χ0) is 15.5. The van der Waals surface area contributed by atoms with E-state index in [1.165, 1.54) is 12.1 Å². The number of benzene rings is 1. The molecule has 1 aliphatic rings. The van der Waals surface area contributed by atoms with E-state index in [1.54, 1.807) is 4.90 Å². The third-order valence-electron chi connectivity index (χ3n) is 3.82. The minimum Gasteiger partial charge on any atom is -0.338 e. The lowest BCUT2D eigenvalue weighted by Crippen LogP contribution is -2.40. The summed E-state index contributed by atoms with van der Waals surface area (Å²) < 4.78 is 38.1. The highest BCUT2D eigenvalue weighted by Gasteiger charge is 2.31. The van der Waals surface area contributed by atoms with Crippen LogP contribution in [0.1, 0.15) is 35.2 Å². The molecule has 1 heterocycles. The number of hydrogen-bond acceptors (Lipinski definition) is 2. The van der Waals surface area contributed by atoms with E-state index in [0.29, 0.717) is 25.6 Å². The van der Waals surface area contributed by atoms with Crippen LogP contribution in [-0.2, 0) is 6.18 Å². The summed E-state index contributed by atoms with van der Waals surface area (Å²) in [7, 11) is 0. The highest BCUT2D eigenvalue weighted by molar-refractivity contribution is 5.94. The third-order valence-corrected chi connectivity index (χ3v) is 3.82. The molecular formula is C15H20ClF3N2O. The molecule has 0 aromatic heterocycles. The van der Waals surface area contributed by atoms with Gasteiger partial charge in [-0.1, -0.05) is 6.07 Å². The summed E-state index contributed by atoms with van der Waals surface area (Å²) in [6.07, 6.45) is -1.70. The summed E-state index contributed by atoms with van der Waals surface area (Å²) in [5.74, 6) is 0.0151. The molecule has 1 saturated heterocycles. The lowest BCUT2D eigenvalue weighted by atomic mass is 9.94. The predicted molar refractivity (Wildman–Crippen MR) is 81.0 cm³/mol. The van der Waals surface area contributed by atoms with E-state index < -0.39 is 11.7 Å². The molecule has 1 aromatic rings. The third kappa shape index (κ3) is 4.61. The number of piperidine rings is 1. The van der Waals surface area contributed by atoms with Crippen molar-refractivity contribution in [2.45, 2.75) is 25.4 Å². The van der Waals surface area contributed by atoms with Crippen molar-refractivity contribution in [2.24, 2.45) is 11.7 Å². The molecule has 22 heavy (non-hydrogen) atoms. The molecule has 2 rings (SSSR count). The van der Waals surface area contributed by atoms with Crippen LogP contribution in [0.15, 0.2) is 24.3 Å². The number of carbonyl (C=O) groups excluding carboxylic acids is 1. The van der Waals surface area contributed by atoms with Crippen molar-refractivity contribution in [1.82, 2.24) is 4.90 Å². The molecule has 2 N–H and O–H groups in total. The molecule has 0 aliphatic carbocycles. The van der Waals surface area contributed by atoms with E-state index in [9.17, 15) is 18.0 Å². The molecule has 1 atom stereocenters. The molecule has 1 aliphatic heterocycles. The lowest BCUT2D eigenvalue weighted by Gasteiger charge is -2.32. The minimum atomic E-state index is -4.43. The van der Waals surface area contributed by atoms with Gasteiger partial charge in [0.15, 0.2) is 0 Å². The van der Waals surface area contributed by atoms with Crippen LogP contribution in [0.5, 0.6) is 0 Å². The van der Waals surface area contributed by atoms with Gasteiger partial charge in [0.05, 0.1) is 5.56 Å². The number of likely N-dealkylation sites (tertiary alicyclic amines) is 1. The number of hydrogen-bond donors (Lipinski definition) is 1. The van der Waals surface area contributed by atoms with Crippen molar-refractivity contribution >= 4 is 18.3 Å². The Morgan fingerprint density at radius 2 is 2.09 bits per heavy atom. The van der Waals surface area contributed by atoms with E-state index in [2.05, 4.69) is 0 Å². The van der Waals surface area contributed by atoms with Crippen LogP contribution in [0.4, 0.5) is 13.2 Å². The monoisotopic (exact) mass is 336 g/mol. The van der Waals surface area contributed by atoms with Crippen molar-refractivity contribution in [3.05, 3.63) is 35.4 Å². The zero-order valence-electron chi connectivity index (χ0n) is 12.1. The second-order valence-electron chi connectivity index (χ2n) is 5.42. The number of halogens is 4. The van der Waals surface area contributed by atoms with Crippen LogP contribution in [0.25, 0.3) is 0 Å². The lowest BCUT2D eigenvalue weighted by molar-refractivity contribution is -0.137. The molecule has 7 heteroatoms. The molecule has 0 radical (unpaired) electrons. The molecule has 0 spiro atoms. The van der Waals surface area contributed by atoms with Crippen molar-refractivity contribution < 1.29 is 18.0 Å². The molecule has 1 aromatic carbocycles. The van der Waals surface area contributed by atoms with E-state index in [0.717, 1.165) is 31.4 Å². The summed E-state index contributed by atoms with van der Waals surface area (Å²) in [6.45, 7) is 1.73. The first kappa shape index (κ1) is 18.8. The fraction of sp³-hybridized carbons (Fsp3) is 0.533. The fourth-order valence-corrected chi connectivity index (χ4v) is 2.73. The highest BCUT2D eigenvalue weighted by Crippen LogP contribution is 2.30. The first-order chi connectivity index (χ1) is 9.91. The molecule has 1 amide bonds. The zero-order valence-corrected chi connectivity index (χ0v) is 12.9. The van der Waals surface area contributed by atoms with Crippen LogP contribution in [0.2, 0.25) is 0 Å². The number of rotatable bonds is 3. The fourth-order valence-electron chi connectivity index (χ4n) is 2.73. The van der Waals surface area contributed by atoms with Gasteiger partial charge >= 0.3 is 6.18 Å². The maximum Gasteiger partial charge on any atom is 0.416 e. The van der Waals surface area contributed by atoms with Gasteiger partial charge in [0.25, 0.3) is 5.91 Å². The molecule has 1 unspecified atom stereocenters. The molecule has 124 valence electrons. The Hall–Kier alpha value is -1.27. The summed E-state index contributed by atoms with van der Waals surface area (Å²) >= 11 is 0. The van der Waals surface area contributed by atoms with Crippen molar-refractivity contribution in [3.63, 3.8) is 0 Å². The standard InChI is InChI=1S/C15H19F3N2O.ClH/c16-15(17,18)13-5-1-4-12(9-13)14(21)20-8-2-3-11(10-20)6-7-19;/h1,4-5,9,11H,2-3,6-8,10,19H2;1H. The number of amides is 1. The largest absolute Gasteiger partial charge is 0.416 e. The first-order valence-corrected chi connectivity index (χ1v) is 7.08. The molecule has 1 fully saturated rings. The van der Waals surface area contributed by atoms with Crippen LogP contribution in [0.3, 0.4) is 0 Å². The van der Waals surface area contributed by atoms with E-state index >= 15 is 0 Å². The van der Waals surface area contributed by atoms with Crippen LogP contribution < -0.4 is 5.73 Å². The maximum absolute atomic E-state index is 12.7. The summed E-state index contributed by atoms with van der Waals surface area (Å²) in [5, 5.41) is 0. The topological polar surface area (TPSA) is 46.3 Å². The smallest absolute Gasteiger partial charge is 0.338 e. The van der Waals surface area contributed by atoms with E-state index in [-0.39, 0.29) is 23.9 Å². The van der Waals surface area contributed by atoms with Crippen LogP contribution in [0, 0.1) is 5.92 Å². The molecule has 3 nitrogen and oxygen atoms in total. The summed E-state index contributed by atoms with van der Waals surface area (Å²) in [4.78, 5) is 14.0. The molecular weight excluding hydrogens is 317 g/mol. The first-order valence-electron chi connectivity index (χ1n) is 7.08. The van der Waals surface area contributed by atoms with Crippen LogP contribution in [-0.4, -0.2) is 30.4 Å². The normalized spacial score (nSPS) is 18.7. The van der Waals surface area contributed by atoms with Crippen molar-refractivity contribution in [2.75, 3.05) is 19.6 Å². The number of alkyl halides is 3. The number of carbonyl (C=O) groups is 1. The summed E-state index contributed by atoms with van der Waals surface area (Å²) in [6, 6.07) is 4.61. The van der Waals surface area contributed by atoms with Gasteiger partial charge < -0.3 is 10.6 Å². The Labute approximate surface area is 134 Å². The SMILES string of the molecule is Cl.NCCC1CCCN(C(=O)c2cccc(C(F)(F)F)c2)C1. The van der Waals surface area contributed by atoms with E-state index in [1.807, 2.05) is 0 Å². The Kier molecular flexibility index (Phi) is 6.68. The Morgan fingerprint density at radius 1 is 1.36 bits per heavy atom. The number of nitrogens with zero attached hydrogens (tertiary/aromatic N) is 1. The average Bonchev–Trinajstić information content (AvgIpc) is 2.46. The van der Waals surface area contributed by atoms with Gasteiger partial charge in [0.2, 0.25) is 0 Å². The van der Waals surface area contributed by atoms with Crippen LogP contribution >= 0.6 is 12.4 Å². The van der Waals surface area contributed by atoms with Gasteiger partial charge in [-0.25, -0.2) is 0 Å². The van der Waals surface area contributed by atoms with E-state index in [4.69, 9.17) is 5.73 Å². The highest BCUT2D eigenvalue weighted by atomic mass is 35.5. The summed E-state index contributed by atoms with van der Waals surface area (Å²) in [5.41, 5.74) is 4.84. The Bertz CT molecular complexity index is 506. The van der Waals surface area contributed by atoms with Crippen molar-refractivity contribution in [3.8, 4) is 0 Å². The average molecular weight is 337 g/mol. The number of nitrogens with two attached hydrogens (primary N) is 1. The predicted octanol–water partition coefficient (Wildman–Crippen LogP) is 3.33. The van der Waals surface area contributed by atoms with Gasteiger partial charge in [-0.2, -0.15) is 13.2 Å². The Balaban J connectivity index is 0.00000242. The second-order valence-corrected chi connectivity index (χ2v) is 5.42. The second kappa shape index (κ2) is 7.83. The van der Waals surface area contributed by atoms with Gasteiger partial charge in [-0.05, 0) is 49.9 Å². The minimum absolute atomic E-state index is 0. The van der Waals surface area contributed by atoms with Gasteiger partial charge in [-0.3, -0.25) is 4.79 Å². The van der Waals surface area contributed by atoms with Gasteiger partial charge in [-0.15, -0.1) is 12.4 Å².